The van der Waals surface area contributed by atoms with Crippen LogP contribution in [0.3, 0.4) is 0 Å². The summed E-state index contributed by atoms with van der Waals surface area (Å²) in [5.74, 6) is 0.459. The lowest BCUT2D eigenvalue weighted by molar-refractivity contribution is 0.305. The first kappa shape index (κ1) is 10.8. The van der Waals surface area contributed by atoms with Gasteiger partial charge in [0.1, 0.15) is 23.8 Å². The van der Waals surface area contributed by atoms with Gasteiger partial charge in [-0.3, -0.25) is 0 Å². The average Bonchev–Trinajstić information content (AvgIpc) is 2.85. The van der Waals surface area contributed by atoms with E-state index >= 15 is 0 Å². The predicted octanol–water partition coefficient (Wildman–Crippen LogP) is 3.28. The molecule has 1 aromatic carbocycles. The number of benzene rings is 1. The van der Waals surface area contributed by atoms with Crippen molar-refractivity contribution in [3.63, 3.8) is 0 Å². The average molecular weight is 242 g/mol. The monoisotopic (exact) mass is 242 g/mol. The Morgan fingerprint density at radius 1 is 1.17 bits per heavy atom. The maximum Gasteiger partial charge on any atom is 0.138 e. The predicted molar refractivity (Wildman–Crippen MR) is 66.8 cm³/mol. The van der Waals surface area contributed by atoms with E-state index < -0.39 is 0 Å². The molecule has 0 atom stereocenters. The second-order valence-electron chi connectivity index (χ2n) is 4.00. The van der Waals surface area contributed by atoms with Gasteiger partial charge in [0.15, 0.2) is 0 Å². The molecule has 0 saturated carbocycles. The summed E-state index contributed by atoms with van der Waals surface area (Å²) in [6.45, 7) is 0.401. The van der Waals surface area contributed by atoms with E-state index in [1.165, 1.54) is 12.1 Å². The van der Waals surface area contributed by atoms with E-state index in [4.69, 9.17) is 4.74 Å². The van der Waals surface area contributed by atoms with Gasteiger partial charge in [0.25, 0.3) is 0 Å². The molecule has 18 heavy (non-hydrogen) atoms. The lowest BCUT2D eigenvalue weighted by Crippen LogP contribution is -1.95. The molecular formula is C14H11FN2O. The zero-order valence-electron chi connectivity index (χ0n) is 9.56. The van der Waals surface area contributed by atoms with Crippen molar-refractivity contribution in [2.75, 3.05) is 0 Å². The molecule has 0 spiro atoms. The Bertz CT molecular complexity index is 661. The van der Waals surface area contributed by atoms with Crippen LogP contribution in [0.5, 0.6) is 5.75 Å². The summed E-state index contributed by atoms with van der Waals surface area (Å²) < 4.78 is 18.3. The normalized spacial score (nSPS) is 10.7. The highest BCUT2D eigenvalue weighted by Gasteiger charge is 2.00. The fraction of sp³-hybridized carbons (Fsp3) is 0.0714. The number of aromatic nitrogens is 2. The summed E-state index contributed by atoms with van der Waals surface area (Å²) in [6, 6.07) is 10.1. The molecule has 0 fully saturated rings. The standard InChI is InChI=1S/C14H11FN2O/c15-12-3-1-10(2-4-12)9-18-13-7-11-5-6-16-14(11)17-8-13/h1-8H,9H2,(H,16,17). The minimum atomic E-state index is -0.242. The van der Waals surface area contributed by atoms with Crippen LogP contribution in [0.25, 0.3) is 11.0 Å². The summed E-state index contributed by atoms with van der Waals surface area (Å²) in [5.41, 5.74) is 1.76. The van der Waals surface area contributed by atoms with Gasteiger partial charge in [-0.25, -0.2) is 9.37 Å². The number of nitrogens with zero attached hydrogens (tertiary/aromatic N) is 1. The Morgan fingerprint density at radius 2 is 2.00 bits per heavy atom. The topological polar surface area (TPSA) is 37.9 Å². The summed E-state index contributed by atoms with van der Waals surface area (Å²) in [6.07, 6.45) is 3.50. The highest BCUT2D eigenvalue weighted by Crippen LogP contribution is 2.18. The first-order valence-corrected chi connectivity index (χ1v) is 5.62. The van der Waals surface area contributed by atoms with Crippen LogP contribution in [0.2, 0.25) is 0 Å². The zero-order valence-corrected chi connectivity index (χ0v) is 9.56. The van der Waals surface area contributed by atoms with Crippen LogP contribution in [0.15, 0.2) is 48.8 Å². The summed E-state index contributed by atoms with van der Waals surface area (Å²) in [5, 5.41) is 1.01. The van der Waals surface area contributed by atoms with E-state index in [9.17, 15) is 4.39 Å². The van der Waals surface area contributed by atoms with Crippen molar-refractivity contribution in [2.24, 2.45) is 0 Å². The van der Waals surface area contributed by atoms with Crippen molar-refractivity contribution in [3.8, 4) is 5.75 Å². The quantitative estimate of drug-likeness (QED) is 0.765. The van der Waals surface area contributed by atoms with Crippen molar-refractivity contribution >= 4 is 11.0 Å². The van der Waals surface area contributed by atoms with Crippen LogP contribution < -0.4 is 4.74 Å². The summed E-state index contributed by atoms with van der Waals surface area (Å²) >= 11 is 0. The van der Waals surface area contributed by atoms with Crippen LogP contribution in [0.4, 0.5) is 4.39 Å². The van der Waals surface area contributed by atoms with Crippen molar-refractivity contribution in [1.29, 1.82) is 0 Å². The fourth-order valence-electron chi connectivity index (χ4n) is 1.75. The van der Waals surface area contributed by atoms with Gasteiger partial charge < -0.3 is 9.72 Å². The Morgan fingerprint density at radius 3 is 2.83 bits per heavy atom. The van der Waals surface area contributed by atoms with Gasteiger partial charge in [0.2, 0.25) is 0 Å². The molecule has 0 unspecified atom stereocenters. The molecule has 0 aliphatic rings. The van der Waals surface area contributed by atoms with Gasteiger partial charge >= 0.3 is 0 Å². The molecule has 3 rings (SSSR count). The van der Waals surface area contributed by atoms with Gasteiger partial charge in [0, 0.05) is 11.6 Å². The minimum absolute atomic E-state index is 0.242. The number of rotatable bonds is 3. The molecule has 2 aromatic heterocycles. The molecule has 0 amide bonds. The minimum Gasteiger partial charge on any atom is -0.487 e. The number of H-pyrrole nitrogens is 1. The van der Waals surface area contributed by atoms with E-state index in [2.05, 4.69) is 9.97 Å². The number of hydrogen-bond acceptors (Lipinski definition) is 2. The zero-order chi connectivity index (χ0) is 12.4. The summed E-state index contributed by atoms with van der Waals surface area (Å²) in [7, 11) is 0. The third kappa shape index (κ3) is 2.18. The maximum atomic E-state index is 12.7. The van der Waals surface area contributed by atoms with Crippen LogP contribution in [0, 0.1) is 5.82 Å². The molecule has 90 valence electrons. The number of pyridine rings is 1. The van der Waals surface area contributed by atoms with Gasteiger partial charge in [-0.1, -0.05) is 12.1 Å². The first-order chi connectivity index (χ1) is 8.81. The fourth-order valence-corrected chi connectivity index (χ4v) is 1.75. The van der Waals surface area contributed by atoms with Crippen LogP contribution >= 0.6 is 0 Å². The molecule has 4 heteroatoms. The number of ether oxygens (including phenoxy) is 1. The van der Waals surface area contributed by atoms with E-state index in [1.807, 2.05) is 18.3 Å². The third-order valence-corrected chi connectivity index (χ3v) is 2.69. The van der Waals surface area contributed by atoms with Crippen molar-refractivity contribution in [1.82, 2.24) is 9.97 Å². The van der Waals surface area contributed by atoms with E-state index in [0.717, 1.165) is 16.6 Å². The Balaban J connectivity index is 1.74. The van der Waals surface area contributed by atoms with Crippen LogP contribution in [-0.2, 0) is 6.61 Å². The van der Waals surface area contributed by atoms with Crippen molar-refractivity contribution in [3.05, 3.63) is 60.2 Å². The largest absolute Gasteiger partial charge is 0.487 e. The second kappa shape index (κ2) is 4.49. The number of nitrogens with one attached hydrogen (secondary N) is 1. The van der Waals surface area contributed by atoms with Crippen LogP contribution in [0.1, 0.15) is 5.56 Å². The molecule has 0 saturated heterocycles. The Hall–Kier alpha value is -2.36. The number of aromatic amines is 1. The summed E-state index contributed by atoms with van der Waals surface area (Å²) in [4.78, 5) is 7.25. The molecule has 3 aromatic rings. The third-order valence-electron chi connectivity index (χ3n) is 2.69. The number of fused-ring (bicyclic) bond motifs is 1. The highest BCUT2D eigenvalue weighted by molar-refractivity contribution is 5.76. The van der Waals surface area contributed by atoms with E-state index in [1.54, 1.807) is 18.3 Å². The smallest absolute Gasteiger partial charge is 0.138 e. The van der Waals surface area contributed by atoms with Crippen molar-refractivity contribution in [2.45, 2.75) is 6.61 Å². The molecule has 0 aliphatic carbocycles. The maximum absolute atomic E-state index is 12.7. The molecule has 0 bridgehead atoms. The van der Waals surface area contributed by atoms with Crippen LogP contribution in [-0.4, -0.2) is 9.97 Å². The lowest BCUT2D eigenvalue weighted by Gasteiger charge is -2.05. The van der Waals surface area contributed by atoms with Gasteiger partial charge in [-0.05, 0) is 29.8 Å². The molecule has 1 N–H and O–H groups in total. The Labute approximate surface area is 103 Å². The molecule has 0 aliphatic heterocycles. The van der Waals surface area contributed by atoms with Gasteiger partial charge in [0.05, 0.1) is 6.20 Å². The van der Waals surface area contributed by atoms with Gasteiger partial charge in [-0.15, -0.1) is 0 Å². The SMILES string of the molecule is Fc1ccc(COc2cnc3[nH]ccc3c2)cc1. The van der Waals surface area contributed by atoms with Gasteiger partial charge in [-0.2, -0.15) is 0 Å². The van der Waals surface area contributed by atoms with E-state index in [0.29, 0.717) is 12.4 Å². The second-order valence-corrected chi connectivity index (χ2v) is 4.00. The molecule has 0 radical (unpaired) electrons. The highest BCUT2D eigenvalue weighted by atomic mass is 19.1. The number of halogens is 1. The lowest BCUT2D eigenvalue weighted by atomic mass is 10.2. The number of hydrogen-bond donors (Lipinski definition) is 1. The molecular weight excluding hydrogens is 231 g/mol. The first-order valence-electron chi connectivity index (χ1n) is 5.62. The van der Waals surface area contributed by atoms with Crippen molar-refractivity contribution < 1.29 is 9.13 Å². The van der Waals surface area contributed by atoms with E-state index in [-0.39, 0.29) is 5.82 Å². The molecule has 2 heterocycles. The Kier molecular flexibility index (Phi) is 2.68. The molecule has 3 nitrogen and oxygen atoms in total.